The molecule has 0 radical (unpaired) electrons. The number of hydrogen-bond donors (Lipinski definition) is 1. The summed E-state index contributed by atoms with van der Waals surface area (Å²) in [5.41, 5.74) is 0. The van der Waals surface area contributed by atoms with Gasteiger partial charge in [0.1, 0.15) is 5.92 Å². The van der Waals surface area contributed by atoms with Crippen molar-refractivity contribution in [2.24, 2.45) is 5.92 Å². The van der Waals surface area contributed by atoms with Gasteiger partial charge in [0.25, 0.3) is 0 Å². The largest absolute Gasteiger partial charge is 0.302 e. The quantitative estimate of drug-likeness (QED) is 0.514. The predicted molar refractivity (Wildman–Crippen MR) is 51.9 cm³/mol. The second kappa shape index (κ2) is 3.83. The monoisotopic (exact) mass is 200 g/mol. The fourth-order valence-corrected chi connectivity index (χ4v) is 1.46. The molecule has 1 aliphatic heterocycles. The Labute approximate surface area is 82.3 Å². The van der Waals surface area contributed by atoms with Crippen molar-refractivity contribution in [3.63, 3.8) is 0 Å². The smallest absolute Gasteiger partial charge is 0.241 e. The van der Waals surface area contributed by atoms with Gasteiger partial charge in [-0.1, -0.05) is 13.3 Å². The van der Waals surface area contributed by atoms with Crippen molar-refractivity contribution < 1.29 is 9.59 Å². The van der Waals surface area contributed by atoms with Crippen LogP contribution in [0.15, 0.2) is 0 Å². The van der Waals surface area contributed by atoms with Crippen LogP contribution in [0.5, 0.6) is 0 Å². The van der Waals surface area contributed by atoms with Crippen LogP contribution in [0.4, 0.5) is 0 Å². The molecule has 1 rings (SSSR count). The van der Waals surface area contributed by atoms with Crippen LogP contribution in [0.2, 0.25) is 0 Å². The van der Waals surface area contributed by atoms with Gasteiger partial charge in [0.05, 0.1) is 0 Å². The highest BCUT2D eigenvalue weighted by molar-refractivity contribution is 7.80. The lowest BCUT2D eigenvalue weighted by atomic mass is 10.00. The average Bonchev–Trinajstić information content (AvgIpc) is 2.09. The maximum absolute atomic E-state index is 11.5. The molecule has 1 aliphatic rings. The molecule has 0 bridgehead atoms. The summed E-state index contributed by atoms with van der Waals surface area (Å²) in [5, 5.41) is 2.69. The third-order valence-electron chi connectivity index (χ3n) is 2.06. The molecule has 0 spiro atoms. The second-order valence-corrected chi connectivity index (χ2v) is 3.42. The highest BCUT2D eigenvalue weighted by Crippen LogP contribution is 2.14. The van der Waals surface area contributed by atoms with Crippen LogP contribution in [0, 0.1) is 5.92 Å². The van der Waals surface area contributed by atoms with E-state index in [1.54, 1.807) is 7.05 Å². The summed E-state index contributed by atoms with van der Waals surface area (Å²) in [5.74, 6) is -1.02. The Balaban J connectivity index is 2.79. The predicted octanol–water partition coefficient (Wildman–Crippen LogP) is 0.276. The minimum absolute atomic E-state index is 0.197. The van der Waals surface area contributed by atoms with Gasteiger partial charge in [-0.05, 0) is 18.6 Å². The molecule has 2 amide bonds. The van der Waals surface area contributed by atoms with E-state index in [0.29, 0.717) is 6.42 Å². The van der Waals surface area contributed by atoms with Crippen LogP contribution < -0.4 is 5.32 Å². The standard InChI is InChI=1S/C8H12N2O2S/c1-3-4-5-6(11)9-8(13)10(2)7(5)12/h5H,3-4H2,1-2H3,(H,9,11,13). The van der Waals surface area contributed by atoms with Crippen LogP contribution in [0.25, 0.3) is 0 Å². The number of thiocarbonyl (C=S) groups is 1. The van der Waals surface area contributed by atoms with E-state index in [1.165, 1.54) is 4.90 Å². The molecule has 4 nitrogen and oxygen atoms in total. The van der Waals surface area contributed by atoms with E-state index in [4.69, 9.17) is 12.2 Å². The van der Waals surface area contributed by atoms with E-state index in [1.807, 2.05) is 6.92 Å². The first kappa shape index (κ1) is 10.1. The molecule has 1 fully saturated rings. The molecule has 0 aromatic carbocycles. The molecule has 0 aromatic rings. The molecule has 1 N–H and O–H groups in total. The highest BCUT2D eigenvalue weighted by Gasteiger charge is 2.35. The molecule has 72 valence electrons. The Morgan fingerprint density at radius 1 is 1.54 bits per heavy atom. The average molecular weight is 200 g/mol. The van der Waals surface area contributed by atoms with Crippen LogP contribution in [0.1, 0.15) is 19.8 Å². The van der Waals surface area contributed by atoms with Crippen molar-refractivity contribution in [3.05, 3.63) is 0 Å². The molecule has 0 aromatic heterocycles. The molecule has 5 heteroatoms. The molecule has 1 atom stereocenters. The highest BCUT2D eigenvalue weighted by atomic mass is 32.1. The Hall–Kier alpha value is -0.970. The number of hydrogen-bond acceptors (Lipinski definition) is 3. The van der Waals surface area contributed by atoms with Gasteiger partial charge in [-0.25, -0.2) is 0 Å². The first-order valence-corrected chi connectivity index (χ1v) is 4.61. The van der Waals surface area contributed by atoms with Gasteiger partial charge >= 0.3 is 0 Å². The van der Waals surface area contributed by atoms with Crippen molar-refractivity contribution >= 4 is 29.1 Å². The summed E-state index contributed by atoms with van der Waals surface area (Å²) in [6, 6.07) is 0. The fraction of sp³-hybridized carbons (Fsp3) is 0.625. The van der Waals surface area contributed by atoms with Crippen molar-refractivity contribution in [1.29, 1.82) is 0 Å². The Morgan fingerprint density at radius 2 is 2.15 bits per heavy atom. The lowest BCUT2D eigenvalue weighted by Crippen LogP contribution is -2.56. The third kappa shape index (κ3) is 1.85. The number of carbonyl (C=O) groups excluding carboxylic acids is 2. The molecular weight excluding hydrogens is 188 g/mol. The van der Waals surface area contributed by atoms with Gasteiger partial charge in [0.15, 0.2) is 5.11 Å². The number of nitrogens with zero attached hydrogens (tertiary/aromatic N) is 1. The van der Waals surface area contributed by atoms with Gasteiger partial charge in [-0.2, -0.15) is 0 Å². The second-order valence-electron chi connectivity index (χ2n) is 3.03. The fourth-order valence-electron chi connectivity index (χ4n) is 1.27. The van der Waals surface area contributed by atoms with Crippen LogP contribution >= 0.6 is 12.2 Å². The normalized spacial score (nSPS) is 23.4. The van der Waals surface area contributed by atoms with Crippen LogP contribution in [-0.2, 0) is 9.59 Å². The number of rotatable bonds is 2. The number of amides is 2. The first-order valence-electron chi connectivity index (χ1n) is 4.20. The van der Waals surface area contributed by atoms with Crippen molar-refractivity contribution in [2.45, 2.75) is 19.8 Å². The summed E-state index contributed by atoms with van der Waals surface area (Å²) in [7, 11) is 1.58. The molecule has 0 saturated carbocycles. The Kier molecular flexibility index (Phi) is 2.98. The van der Waals surface area contributed by atoms with Gasteiger partial charge in [-0.15, -0.1) is 0 Å². The van der Waals surface area contributed by atoms with E-state index in [0.717, 1.165) is 6.42 Å². The van der Waals surface area contributed by atoms with Gasteiger partial charge in [0, 0.05) is 7.05 Å². The molecule has 1 heterocycles. The number of nitrogens with one attached hydrogen (secondary N) is 1. The van der Waals surface area contributed by atoms with Crippen LogP contribution in [-0.4, -0.2) is 28.9 Å². The lowest BCUT2D eigenvalue weighted by Gasteiger charge is -2.29. The maximum Gasteiger partial charge on any atom is 0.241 e. The summed E-state index contributed by atoms with van der Waals surface area (Å²) >= 11 is 4.79. The van der Waals surface area contributed by atoms with Gasteiger partial charge in [0.2, 0.25) is 11.8 Å². The zero-order chi connectivity index (χ0) is 10.0. The summed E-state index contributed by atoms with van der Waals surface area (Å²) in [6.07, 6.45) is 1.39. The maximum atomic E-state index is 11.5. The van der Waals surface area contributed by atoms with Crippen molar-refractivity contribution in [1.82, 2.24) is 10.2 Å². The first-order chi connectivity index (χ1) is 6.07. The van der Waals surface area contributed by atoms with E-state index >= 15 is 0 Å². The number of carbonyl (C=O) groups is 2. The minimum Gasteiger partial charge on any atom is -0.302 e. The third-order valence-corrected chi connectivity index (χ3v) is 2.43. The lowest BCUT2D eigenvalue weighted by molar-refractivity contribution is -0.140. The molecule has 1 saturated heterocycles. The summed E-state index contributed by atoms with van der Waals surface area (Å²) in [6.45, 7) is 1.94. The van der Waals surface area contributed by atoms with E-state index in [2.05, 4.69) is 5.32 Å². The SMILES string of the molecule is CCCC1C(=O)NC(=S)N(C)C1=O. The molecule has 0 aliphatic carbocycles. The van der Waals surface area contributed by atoms with E-state index < -0.39 is 5.92 Å². The summed E-state index contributed by atoms with van der Waals surface area (Å²) in [4.78, 5) is 24.1. The zero-order valence-corrected chi connectivity index (χ0v) is 8.48. The summed E-state index contributed by atoms with van der Waals surface area (Å²) < 4.78 is 0. The van der Waals surface area contributed by atoms with E-state index in [-0.39, 0.29) is 16.9 Å². The van der Waals surface area contributed by atoms with Crippen molar-refractivity contribution in [2.75, 3.05) is 7.05 Å². The zero-order valence-electron chi connectivity index (χ0n) is 7.66. The van der Waals surface area contributed by atoms with E-state index in [9.17, 15) is 9.59 Å². The van der Waals surface area contributed by atoms with Crippen LogP contribution in [0.3, 0.4) is 0 Å². The Bertz CT molecular complexity index is 265. The molecule has 13 heavy (non-hydrogen) atoms. The molecule has 1 unspecified atom stereocenters. The minimum atomic E-state index is -0.554. The molecular formula is C8H12N2O2S. The van der Waals surface area contributed by atoms with Crippen molar-refractivity contribution in [3.8, 4) is 0 Å². The Morgan fingerprint density at radius 3 is 2.69 bits per heavy atom. The van der Waals surface area contributed by atoms with Gasteiger partial charge < -0.3 is 5.32 Å². The van der Waals surface area contributed by atoms with Gasteiger partial charge in [-0.3, -0.25) is 14.5 Å². The topological polar surface area (TPSA) is 49.4 Å².